The predicted molar refractivity (Wildman–Crippen MR) is 124 cm³/mol. The first-order chi connectivity index (χ1) is 15.7. The van der Waals surface area contributed by atoms with Crippen LogP contribution >= 0.6 is 11.3 Å². The van der Waals surface area contributed by atoms with Crippen molar-refractivity contribution in [3.05, 3.63) is 82.6 Å². The normalized spacial score (nSPS) is 11.4. The van der Waals surface area contributed by atoms with Crippen LogP contribution < -0.4 is 4.18 Å². The summed E-state index contributed by atoms with van der Waals surface area (Å²) in [6.07, 6.45) is 3.55. The summed E-state index contributed by atoms with van der Waals surface area (Å²) >= 11 is 1.41. The van der Waals surface area contributed by atoms with Crippen molar-refractivity contribution in [3.63, 3.8) is 0 Å². The van der Waals surface area contributed by atoms with Crippen LogP contribution in [0.3, 0.4) is 0 Å². The third-order valence-electron chi connectivity index (χ3n) is 4.77. The topological polar surface area (TPSA) is 100 Å². The van der Waals surface area contributed by atoms with E-state index in [1.807, 2.05) is 19.3 Å². The molecule has 0 spiro atoms. The Morgan fingerprint density at radius 1 is 1.15 bits per heavy atom. The number of benzene rings is 2. The third-order valence-corrected chi connectivity index (χ3v) is 7.09. The zero-order valence-corrected chi connectivity index (χ0v) is 19.8. The molecule has 0 radical (unpaired) electrons. The molecule has 0 saturated carbocycles. The van der Waals surface area contributed by atoms with Gasteiger partial charge in [0.2, 0.25) is 0 Å². The summed E-state index contributed by atoms with van der Waals surface area (Å²) in [5.41, 5.74) is 2.79. The van der Waals surface area contributed by atoms with Crippen LogP contribution in [0.15, 0.2) is 65.1 Å². The average Bonchev–Trinajstić information content (AvgIpc) is 3.42. The standard InChI is InChI=1S/C23H21N3O5S2/c1-15-8-9-16(2)21(10-15)33(28,29)31-20-7-5-4-6-19(20)23(27)30-13-18-14-32-22(25-18)17-11-24-26(3)12-17/h4-12,14H,13H2,1-3H3. The summed E-state index contributed by atoms with van der Waals surface area (Å²) in [6.45, 7) is 3.42. The summed E-state index contributed by atoms with van der Waals surface area (Å²) in [7, 11) is -2.32. The van der Waals surface area contributed by atoms with Crippen LogP contribution in [-0.4, -0.2) is 29.2 Å². The molecule has 0 aliphatic rings. The van der Waals surface area contributed by atoms with E-state index in [9.17, 15) is 13.2 Å². The number of thiazole rings is 1. The Balaban J connectivity index is 1.50. The maximum absolute atomic E-state index is 12.9. The first-order valence-electron chi connectivity index (χ1n) is 9.94. The van der Waals surface area contributed by atoms with E-state index in [-0.39, 0.29) is 22.8 Å². The molecule has 0 fully saturated rings. The second-order valence-electron chi connectivity index (χ2n) is 7.43. The van der Waals surface area contributed by atoms with Crippen molar-refractivity contribution in [3.8, 4) is 16.3 Å². The summed E-state index contributed by atoms with van der Waals surface area (Å²) in [4.78, 5) is 17.2. The van der Waals surface area contributed by atoms with E-state index in [2.05, 4.69) is 10.1 Å². The van der Waals surface area contributed by atoms with Gasteiger partial charge in [-0.05, 0) is 43.2 Å². The molecule has 0 unspecified atom stereocenters. The summed E-state index contributed by atoms with van der Waals surface area (Å²) < 4.78 is 38.2. The number of carbonyl (C=O) groups excluding carboxylic acids is 1. The molecule has 0 N–H and O–H groups in total. The van der Waals surface area contributed by atoms with Crippen LogP contribution in [0.25, 0.3) is 10.6 Å². The molecule has 10 heteroatoms. The SMILES string of the molecule is Cc1ccc(C)c(S(=O)(=O)Oc2ccccc2C(=O)OCc2csc(-c3cnn(C)c3)n2)c1. The highest BCUT2D eigenvalue weighted by Crippen LogP contribution is 2.27. The molecule has 4 rings (SSSR count). The second kappa shape index (κ2) is 9.16. The van der Waals surface area contributed by atoms with Gasteiger partial charge in [-0.1, -0.05) is 24.3 Å². The van der Waals surface area contributed by atoms with E-state index in [0.29, 0.717) is 11.3 Å². The fraction of sp³-hybridized carbons (Fsp3) is 0.174. The predicted octanol–water partition coefficient (Wildman–Crippen LogP) is 4.29. The number of hydrogen-bond acceptors (Lipinski definition) is 8. The lowest BCUT2D eigenvalue weighted by Crippen LogP contribution is -2.15. The fourth-order valence-corrected chi connectivity index (χ4v) is 5.15. The van der Waals surface area contributed by atoms with Crippen LogP contribution in [-0.2, 0) is 28.5 Å². The lowest BCUT2D eigenvalue weighted by molar-refractivity contribution is 0.0466. The minimum atomic E-state index is -4.14. The molecule has 0 amide bonds. The van der Waals surface area contributed by atoms with Gasteiger partial charge in [0.1, 0.15) is 22.1 Å². The van der Waals surface area contributed by atoms with Crippen LogP contribution in [0.1, 0.15) is 27.2 Å². The lowest BCUT2D eigenvalue weighted by atomic mass is 10.2. The highest BCUT2D eigenvalue weighted by molar-refractivity contribution is 7.87. The maximum Gasteiger partial charge on any atom is 0.342 e. The lowest BCUT2D eigenvalue weighted by Gasteiger charge is -2.13. The van der Waals surface area contributed by atoms with E-state index in [4.69, 9.17) is 8.92 Å². The Labute approximate surface area is 195 Å². The van der Waals surface area contributed by atoms with Crippen LogP contribution in [0.4, 0.5) is 0 Å². The van der Waals surface area contributed by atoms with Gasteiger partial charge in [-0.15, -0.1) is 11.3 Å². The molecule has 170 valence electrons. The van der Waals surface area contributed by atoms with Gasteiger partial charge < -0.3 is 8.92 Å². The van der Waals surface area contributed by atoms with Gasteiger partial charge in [-0.25, -0.2) is 9.78 Å². The van der Waals surface area contributed by atoms with E-state index in [1.54, 1.807) is 48.3 Å². The number of ether oxygens (including phenoxy) is 1. The number of rotatable bonds is 7. The minimum absolute atomic E-state index is 0.00842. The first-order valence-corrected chi connectivity index (χ1v) is 12.2. The van der Waals surface area contributed by atoms with Gasteiger partial charge >= 0.3 is 16.1 Å². The highest BCUT2D eigenvalue weighted by Gasteiger charge is 2.23. The number of aryl methyl sites for hydroxylation is 3. The van der Waals surface area contributed by atoms with Gasteiger partial charge in [-0.2, -0.15) is 13.5 Å². The van der Waals surface area contributed by atoms with Crippen molar-refractivity contribution in [1.82, 2.24) is 14.8 Å². The van der Waals surface area contributed by atoms with Gasteiger partial charge in [0.15, 0.2) is 5.75 Å². The number of esters is 1. The molecule has 0 aliphatic carbocycles. The smallest absolute Gasteiger partial charge is 0.342 e. The number of hydrogen-bond donors (Lipinski definition) is 0. The van der Waals surface area contributed by atoms with Crippen LogP contribution in [0.2, 0.25) is 0 Å². The molecule has 0 aliphatic heterocycles. The monoisotopic (exact) mass is 483 g/mol. The van der Waals surface area contributed by atoms with Gasteiger partial charge in [0, 0.05) is 24.2 Å². The van der Waals surface area contributed by atoms with E-state index in [0.717, 1.165) is 16.1 Å². The van der Waals surface area contributed by atoms with E-state index in [1.165, 1.54) is 29.5 Å². The number of nitrogens with zero attached hydrogens (tertiary/aromatic N) is 3. The molecule has 8 nitrogen and oxygen atoms in total. The molecule has 2 heterocycles. The van der Waals surface area contributed by atoms with Crippen LogP contribution in [0, 0.1) is 13.8 Å². The molecule has 2 aromatic heterocycles. The Morgan fingerprint density at radius 3 is 2.70 bits per heavy atom. The molecule has 0 atom stereocenters. The summed E-state index contributed by atoms with van der Waals surface area (Å²) in [6, 6.07) is 11.1. The van der Waals surface area contributed by atoms with Gasteiger partial charge in [0.05, 0.1) is 11.9 Å². The fourth-order valence-electron chi connectivity index (χ4n) is 3.10. The molecular formula is C23H21N3O5S2. The van der Waals surface area contributed by atoms with Crippen molar-refractivity contribution in [2.24, 2.45) is 7.05 Å². The number of aromatic nitrogens is 3. The summed E-state index contributed by atoms with van der Waals surface area (Å²) in [5.74, 6) is -0.810. The van der Waals surface area contributed by atoms with E-state index < -0.39 is 16.1 Å². The molecular weight excluding hydrogens is 462 g/mol. The molecule has 0 saturated heterocycles. The maximum atomic E-state index is 12.9. The highest BCUT2D eigenvalue weighted by atomic mass is 32.2. The Kier molecular flexibility index (Phi) is 6.30. The Hall–Kier alpha value is -3.50. The van der Waals surface area contributed by atoms with Crippen molar-refractivity contribution in [2.75, 3.05) is 0 Å². The van der Waals surface area contributed by atoms with Crippen molar-refractivity contribution >= 4 is 27.4 Å². The average molecular weight is 484 g/mol. The van der Waals surface area contributed by atoms with E-state index >= 15 is 0 Å². The molecule has 33 heavy (non-hydrogen) atoms. The molecule has 4 aromatic rings. The zero-order chi connectivity index (χ0) is 23.6. The van der Waals surface area contributed by atoms with Gasteiger partial charge in [-0.3, -0.25) is 4.68 Å². The number of carbonyl (C=O) groups is 1. The van der Waals surface area contributed by atoms with Crippen molar-refractivity contribution in [1.29, 1.82) is 0 Å². The van der Waals surface area contributed by atoms with Crippen molar-refractivity contribution < 1.29 is 22.1 Å². The van der Waals surface area contributed by atoms with Crippen molar-refractivity contribution in [2.45, 2.75) is 25.3 Å². The van der Waals surface area contributed by atoms with Crippen LogP contribution in [0.5, 0.6) is 5.75 Å². The quantitative estimate of drug-likeness (QED) is 0.286. The minimum Gasteiger partial charge on any atom is -0.455 e. The third kappa shape index (κ3) is 5.12. The number of para-hydroxylation sites is 1. The largest absolute Gasteiger partial charge is 0.455 e. The Morgan fingerprint density at radius 2 is 1.94 bits per heavy atom. The first kappa shape index (κ1) is 22.7. The molecule has 2 aromatic carbocycles. The zero-order valence-electron chi connectivity index (χ0n) is 18.2. The molecule has 0 bridgehead atoms. The van der Waals surface area contributed by atoms with Gasteiger partial charge in [0.25, 0.3) is 0 Å². The second-order valence-corrected chi connectivity index (χ2v) is 9.80. The summed E-state index contributed by atoms with van der Waals surface area (Å²) in [5, 5.41) is 6.68. The Bertz CT molecular complexity index is 1420.